The number of sulfone groups is 1. The van der Waals surface area contributed by atoms with Crippen LogP contribution in [0.5, 0.6) is 0 Å². The van der Waals surface area contributed by atoms with E-state index in [0.29, 0.717) is 18.7 Å². The highest BCUT2D eigenvalue weighted by Gasteiger charge is 2.36. The molecule has 2 unspecified atom stereocenters. The number of nitrogens with zero attached hydrogens (tertiary/aromatic N) is 1. The molecule has 0 aromatic carbocycles. The summed E-state index contributed by atoms with van der Waals surface area (Å²) in [4.78, 5) is 13.9. The van der Waals surface area contributed by atoms with Gasteiger partial charge in [0.2, 0.25) is 0 Å². The second kappa shape index (κ2) is 4.45. The summed E-state index contributed by atoms with van der Waals surface area (Å²) < 4.78 is 22.9. The summed E-state index contributed by atoms with van der Waals surface area (Å²) in [5, 5.41) is 0. The molecular formula is C11H19NO3S. The zero-order chi connectivity index (χ0) is 11.8. The van der Waals surface area contributed by atoms with Gasteiger partial charge in [0.25, 0.3) is 0 Å². The Morgan fingerprint density at radius 1 is 1.31 bits per heavy atom. The van der Waals surface area contributed by atoms with Crippen molar-refractivity contribution >= 4 is 15.6 Å². The zero-order valence-electron chi connectivity index (χ0n) is 9.68. The molecule has 1 heterocycles. The molecule has 2 fully saturated rings. The van der Waals surface area contributed by atoms with E-state index in [2.05, 4.69) is 4.90 Å². The molecule has 0 aromatic rings. The van der Waals surface area contributed by atoms with E-state index in [0.717, 1.165) is 19.3 Å². The van der Waals surface area contributed by atoms with Gasteiger partial charge in [0.1, 0.15) is 5.78 Å². The first-order valence-electron chi connectivity index (χ1n) is 5.98. The van der Waals surface area contributed by atoms with Crippen LogP contribution in [0.4, 0.5) is 0 Å². The largest absolute Gasteiger partial charge is 0.298 e. The van der Waals surface area contributed by atoms with Crippen molar-refractivity contribution in [3.63, 3.8) is 0 Å². The van der Waals surface area contributed by atoms with Gasteiger partial charge in [-0.05, 0) is 19.8 Å². The van der Waals surface area contributed by atoms with Crippen LogP contribution < -0.4 is 0 Å². The monoisotopic (exact) mass is 245 g/mol. The summed E-state index contributed by atoms with van der Waals surface area (Å²) in [6.45, 7) is 2.44. The van der Waals surface area contributed by atoms with Crippen molar-refractivity contribution in [1.29, 1.82) is 0 Å². The molecule has 0 amide bonds. The van der Waals surface area contributed by atoms with E-state index >= 15 is 0 Å². The first kappa shape index (κ1) is 12.0. The molecule has 2 aliphatic rings. The molecule has 0 N–H and O–H groups in total. The van der Waals surface area contributed by atoms with Gasteiger partial charge in [-0.25, -0.2) is 8.42 Å². The highest BCUT2D eigenvalue weighted by Crippen LogP contribution is 2.24. The van der Waals surface area contributed by atoms with Gasteiger partial charge >= 0.3 is 0 Å². The number of ketones is 1. The van der Waals surface area contributed by atoms with Crippen LogP contribution in [0.3, 0.4) is 0 Å². The Balaban J connectivity index is 2.07. The maximum absolute atomic E-state index is 11.8. The molecule has 1 aliphatic carbocycles. The number of Topliss-reactive ketones (excluding diaryl/α,β-unsaturated/α-hetero) is 1. The van der Waals surface area contributed by atoms with E-state index in [1.54, 1.807) is 0 Å². The lowest BCUT2D eigenvalue weighted by Crippen LogP contribution is -2.54. The molecule has 1 aliphatic heterocycles. The van der Waals surface area contributed by atoms with E-state index in [-0.39, 0.29) is 23.6 Å². The van der Waals surface area contributed by atoms with Crippen LogP contribution in [0.2, 0.25) is 0 Å². The molecule has 0 spiro atoms. The first-order chi connectivity index (χ1) is 7.49. The summed E-state index contributed by atoms with van der Waals surface area (Å²) >= 11 is 0. The van der Waals surface area contributed by atoms with Crippen molar-refractivity contribution < 1.29 is 13.2 Å². The van der Waals surface area contributed by atoms with Crippen LogP contribution in [0.1, 0.15) is 32.6 Å². The van der Waals surface area contributed by atoms with E-state index in [9.17, 15) is 13.2 Å². The minimum Gasteiger partial charge on any atom is -0.298 e. The molecule has 1 saturated heterocycles. The van der Waals surface area contributed by atoms with Gasteiger partial charge in [0.05, 0.1) is 17.5 Å². The van der Waals surface area contributed by atoms with E-state index < -0.39 is 9.84 Å². The van der Waals surface area contributed by atoms with Crippen molar-refractivity contribution in [3.05, 3.63) is 0 Å². The molecular weight excluding hydrogens is 226 g/mol. The number of rotatable bonds is 1. The predicted molar refractivity (Wildman–Crippen MR) is 62.1 cm³/mol. The van der Waals surface area contributed by atoms with Gasteiger partial charge in [0.15, 0.2) is 9.84 Å². The Bertz CT molecular complexity index is 377. The third-order valence-corrected chi connectivity index (χ3v) is 5.44. The molecule has 4 nitrogen and oxygen atoms in total. The van der Waals surface area contributed by atoms with Gasteiger partial charge in [-0.3, -0.25) is 9.69 Å². The topological polar surface area (TPSA) is 54.5 Å². The van der Waals surface area contributed by atoms with E-state index in [4.69, 9.17) is 0 Å². The molecule has 0 bridgehead atoms. The molecule has 1 saturated carbocycles. The molecule has 2 atom stereocenters. The van der Waals surface area contributed by atoms with Crippen LogP contribution in [0, 0.1) is 0 Å². The standard InChI is InChI=1S/C11H19NO3S/c1-9-8-16(14,15)7-6-12(9)10-4-2-3-5-11(10)13/h9-10H,2-8H2,1H3. The Hall–Kier alpha value is -0.420. The smallest absolute Gasteiger partial charge is 0.153 e. The fraction of sp³-hybridized carbons (Fsp3) is 0.909. The van der Waals surface area contributed by atoms with Crippen LogP contribution in [0.25, 0.3) is 0 Å². The second-order valence-electron chi connectivity index (χ2n) is 4.93. The van der Waals surface area contributed by atoms with Gasteiger partial charge in [0, 0.05) is 19.0 Å². The van der Waals surface area contributed by atoms with Crippen molar-refractivity contribution in [3.8, 4) is 0 Å². The highest BCUT2D eigenvalue weighted by molar-refractivity contribution is 7.91. The zero-order valence-corrected chi connectivity index (χ0v) is 10.5. The lowest BCUT2D eigenvalue weighted by Gasteiger charge is -2.40. The van der Waals surface area contributed by atoms with Gasteiger partial charge in [-0.15, -0.1) is 0 Å². The third-order valence-electron chi connectivity index (χ3n) is 3.64. The summed E-state index contributed by atoms with van der Waals surface area (Å²) in [6, 6.07) is -0.0231. The molecule has 5 heteroatoms. The average Bonchev–Trinajstić information content (AvgIpc) is 2.18. The maximum Gasteiger partial charge on any atom is 0.153 e. The summed E-state index contributed by atoms with van der Waals surface area (Å²) in [5.41, 5.74) is 0. The van der Waals surface area contributed by atoms with Crippen molar-refractivity contribution in [2.45, 2.75) is 44.7 Å². The van der Waals surface area contributed by atoms with Crippen LogP contribution in [-0.4, -0.2) is 49.2 Å². The lowest BCUT2D eigenvalue weighted by molar-refractivity contribution is -0.126. The summed E-state index contributed by atoms with van der Waals surface area (Å²) in [5.74, 6) is 0.718. The third kappa shape index (κ3) is 2.46. The average molecular weight is 245 g/mol. The molecule has 92 valence electrons. The minimum absolute atomic E-state index is 0.00852. The van der Waals surface area contributed by atoms with Crippen molar-refractivity contribution in [1.82, 2.24) is 4.90 Å². The van der Waals surface area contributed by atoms with Gasteiger partial charge in [-0.1, -0.05) is 6.42 Å². The van der Waals surface area contributed by atoms with Gasteiger partial charge in [-0.2, -0.15) is 0 Å². The first-order valence-corrected chi connectivity index (χ1v) is 7.80. The molecule has 0 aromatic heterocycles. The lowest BCUT2D eigenvalue weighted by atomic mass is 9.92. The van der Waals surface area contributed by atoms with Crippen LogP contribution in [-0.2, 0) is 14.6 Å². The SMILES string of the molecule is CC1CS(=O)(=O)CCN1C1CCCCC1=O. The second-order valence-corrected chi connectivity index (χ2v) is 7.16. The highest BCUT2D eigenvalue weighted by atomic mass is 32.2. The quantitative estimate of drug-likeness (QED) is 0.679. The van der Waals surface area contributed by atoms with Crippen molar-refractivity contribution in [2.24, 2.45) is 0 Å². The fourth-order valence-electron chi connectivity index (χ4n) is 2.79. The molecule has 2 rings (SSSR count). The van der Waals surface area contributed by atoms with Crippen molar-refractivity contribution in [2.75, 3.05) is 18.1 Å². The maximum atomic E-state index is 11.8. The van der Waals surface area contributed by atoms with E-state index in [1.165, 1.54) is 0 Å². The molecule has 0 radical (unpaired) electrons. The van der Waals surface area contributed by atoms with Gasteiger partial charge < -0.3 is 0 Å². The number of carbonyl (C=O) groups excluding carboxylic acids is 1. The Kier molecular flexibility index (Phi) is 3.35. The number of hydrogen-bond donors (Lipinski definition) is 0. The minimum atomic E-state index is -2.87. The van der Waals surface area contributed by atoms with E-state index in [1.807, 2.05) is 6.92 Å². The predicted octanol–water partition coefficient (Wildman–Crippen LogP) is 0.617. The Morgan fingerprint density at radius 3 is 2.69 bits per heavy atom. The fourth-order valence-corrected chi connectivity index (χ4v) is 4.37. The number of hydrogen-bond acceptors (Lipinski definition) is 4. The normalized spacial score (nSPS) is 36.2. The molecule has 16 heavy (non-hydrogen) atoms. The van der Waals surface area contributed by atoms with Crippen LogP contribution >= 0.6 is 0 Å². The summed E-state index contributed by atoms with van der Waals surface area (Å²) in [7, 11) is -2.87. The Labute approximate surface area is 96.9 Å². The summed E-state index contributed by atoms with van der Waals surface area (Å²) in [6.07, 6.45) is 3.66. The Morgan fingerprint density at radius 2 is 2.06 bits per heavy atom. The number of carbonyl (C=O) groups is 1. The van der Waals surface area contributed by atoms with Crippen LogP contribution in [0.15, 0.2) is 0 Å².